The number of carbonyl (C=O) groups excluding carboxylic acids is 2. The summed E-state index contributed by atoms with van der Waals surface area (Å²) in [6.45, 7) is 8.69. The average molecular weight is 1160 g/mol. The van der Waals surface area contributed by atoms with Gasteiger partial charge in [0.1, 0.15) is 29.4 Å². The summed E-state index contributed by atoms with van der Waals surface area (Å²) in [5, 5.41) is 3.14. The van der Waals surface area contributed by atoms with Gasteiger partial charge in [0.05, 0.1) is 48.6 Å². The number of hydrogen-bond acceptors (Lipinski definition) is 14. The van der Waals surface area contributed by atoms with Crippen molar-refractivity contribution in [2.24, 2.45) is 0 Å². The molecule has 4 aromatic heterocycles. The second-order valence-corrected chi connectivity index (χ2v) is 22.5. The normalized spacial score (nSPS) is 11.3. The van der Waals surface area contributed by atoms with Crippen LogP contribution < -0.4 is 14.8 Å². The lowest BCUT2D eigenvalue weighted by Crippen LogP contribution is -2.33. The number of benzene rings is 4. The summed E-state index contributed by atoms with van der Waals surface area (Å²) >= 11 is 0. The first-order chi connectivity index (χ1) is 37.8. The molecule has 8 aromatic rings. The Kier molecular flexibility index (Phi) is 23.7. The summed E-state index contributed by atoms with van der Waals surface area (Å²) in [6.07, 6.45) is 8.02. The number of carbonyl (C=O) groups is 2. The molecule has 0 aliphatic carbocycles. The molecule has 0 aliphatic heterocycles. The van der Waals surface area contributed by atoms with E-state index in [1.807, 2.05) is 95.1 Å². The maximum Gasteiger partial charge on any atom is 0.295 e. The van der Waals surface area contributed by atoms with Gasteiger partial charge in [-0.3, -0.25) is 9.59 Å². The molecule has 0 saturated carbocycles. The van der Waals surface area contributed by atoms with Crippen LogP contribution in [0.2, 0.25) is 0 Å². The summed E-state index contributed by atoms with van der Waals surface area (Å²) < 4.78 is 83.2. The summed E-state index contributed by atoms with van der Waals surface area (Å²) in [7, 11) is 2.38. The molecule has 0 radical (unpaired) electrons. The lowest BCUT2D eigenvalue weighted by Gasteiger charge is -2.21. The number of aryl methyl sites for hydroxylation is 4. The molecule has 22 heteroatoms. The van der Waals surface area contributed by atoms with Crippen LogP contribution in [0.25, 0.3) is 33.8 Å². The highest BCUT2D eigenvalue weighted by atomic mass is 35.5. The van der Waals surface area contributed by atoms with Crippen LogP contribution in [0.5, 0.6) is 11.5 Å². The first-order valence-electron chi connectivity index (χ1n) is 25.2. The van der Waals surface area contributed by atoms with Crippen LogP contribution in [-0.2, 0) is 56.9 Å². The molecule has 80 heavy (non-hydrogen) atoms. The van der Waals surface area contributed by atoms with Crippen LogP contribution in [0.1, 0.15) is 33.4 Å². The number of sulfonamides is 2. The number of pyridine rings is 2. The van der Waals surface area contributed by atoms with E-state index in [1.54, 1.807) is 71.0 Å². The predicted molar refractivity (Wildman–Crippen MR) is 311 cm³/mol. The number of fused-ring (bicyclic) bond motifs is 2. The number of hydrogen-bond donors (Lipinski definition) is 1. The average Bonchev–Trinajstić information content (AvgIpc) is 4.08. The Morgan fingerprint density at radius 2 is 1.05 bits per heavy atom. The lowest BCUT2D eigenvalue weighted by molar-refractivity contribution is -0.140. The number of aromatic nitrogens is 4. The summed E-state index contributed by atoms with van der Waals surface area (Å²) in [6, 6.07) is 35.1. The number of ether oxygens (including phenoxy) is 5. The zero-order valence-electron chi connectivity index (χ0n) is 46.8. The smallest absolute Gasteiger partial charge is 0.295 e. The molecular formula is C58H71ClN8O11S2. The second-order valence-electron chi connectivity index (χ2n) is 18.5. The standard InChI is InChI=1S/C29H34N4O5S.C15H15N3.C14H21NO6S.ClH/c1-21-16-25(37-5)17-22(2)29(21)39(35,36)32(4)14-15-38-20-28(34)31(3)18-23-9-11-24(12-10-23)26-19-33-13-7-6-8-27(33)30-26;1-16-10-12-5-7-13(8-6-12)14-11-18-9-3-2-4-15(18)17-14;1-11-7-13(19-4)8-12(2)14(11)22(17,18)15(3)5-6-20-10-21-9-16;/h6-13,16-17,19H,14-15,18,20H2,1-5H3;2-9,11,16H,10H2,1H3;7-9H,5-6,10H2,1-4H3;1H. The van der Waals surface area contributed by atoms with Crippen molar-refractivity contribution in [3.05, 3.63) is 167 Å². The predicted octanol–water partition coefficient (Wildman–Crippen LogP) is 8.14. The van der Waals surface area contributed by atoms with Crippen LogP contribution in [-0.4, -0.2) is 144 Å². The molecule has 1 amide bonds. The number of halogens is 1. The molecule has 0 unspecified atom stereocenters. The highest BCUT2D eigenvalue weighted by Gasteiger charge is 2.27. The van der Waals surface area contributed by atoms with Gasteiger partial charge in [0.15, 0.2) is 6.79 Å². The first-order valence-corrected chi connectivity index (χ1v) is 28.1. The molecule has 0 spiro atoms. The van der Waals surface area contributed by atoms with E-state index in [0.29, 0.717) is 40.3 Å². The van der Waals surface area contributed by atoms with Gasteiger partial charge < -0.3 is 42.7 Å². The van der Waals surface area contributed by atoms with Gasteiger partial charge in [-0.05, 0) is 117 Å². The number of rotatable bonds is 23. The SMILES string of the molecule is CNCc1ccc(-c2cn3ccccc3n2)cc1.COc1cc(C)c(S(=O)(=O)N(C)CCOCC(=O)N(C)Cc2ccc(-c3cn4ccccc4n3)cc2)c(C)c1.COc1cc(C)c(S(=O)(=O)N(C)CCOCOC=O)c(C)c1.Cl. The van der Waals surface area contributed by atoms with E-state index in [0.717, 1.165) is 45.9 Å². The quantitative estimate of drug-likeness (QED) is 0.0365. The van der Waals surface area contributed by atoms with Crippen molar-refractivity contribution < 1.29 is 50.1 Å². The van der Waals surface area contributed by atoms with E-state index in [2.05, 4.69) is 50.5 Å². The third-order valence-corrected chi connectivity index (χ3v) is 17.0. The maximum atomic E-state index is 13.1. The molecule has 1 N–H and O–H groups in total. The van der Waals surface area contributed by atoms with Crippen LogP contribution in [0, 0.1) is 27.7 Å². The Morgan fingerprint density at radius 1 is 0.625 bits per heavy atom. The Bertz CT molecular complexity index is 3430. The Morgan fingerprint density at radius 3 is 1.45 bits per heavy atom. The van der Waals surface area contributed by atoms with E-state index >= 15 is 0 Å². The van der Waals surface area contributed by atoms with Crippen molar-refractivity contribution in [1.29, 1.82) is 0 Å². The second kappa shape index (κ2) is 29.8. The minimum Gasteiger partial charge on any atom is -0.497 e. The minimum atomic E-state index is -3.72. The van der Waals surface area contributed by atoms with Gasteiger partial charge in [-0.15, -0.1) is 12.4 Å². The highest BCUT2D eigenvalue weighted by molar-refractivity contribution is 7.89. The maximum absolute atomic E-state index is 13.1. The van der Waals surface area contributed by atoms with Gasteiger partial charge in [-0.1, -0.05) is 60.7 Å². The van der Waals surface area contributed by atoms with E-state index in [1.165, 1.54) is 35.4 Å². The van der Waals surface area contributed by atoms with E-state index < -0.39 is 20.0 Å². The fourth-order valence-electron chi connectivity index (χ4n) is 8.50. The molecule has 19 nitrogen and oxygen atoms in total. The van der Waals surface area contributed by atoms with Gasteiger partial charge in [0.2, 0.25) is 26.0 Å². The Hall–Kier alpha value is -7.21. The zero-order valence-corrected chi connectivity index (χ0v) is 49.2. The summed E-state index contributed by atoms with van der Waals surface area (Å²) in [5.41, 5.74) is 10.6. The number of nitrogens with one attached hydrogen (secondary N) is 1. The number of imidazole rings is 2. The third kappa shape index (κ3) is 16.7. The zero-order chi connectivity index (χ0) is 57.3. The molecule has 0 bridgehead atoms. The molecule has 4 heterocycles. The van der Waals surface area contributed by atoms with E-state index in [-0.39, 0.29) is 74.3 Å². The fraction of sp³-hybridized carbons (Fsp3) is 0.310. The van der Waals surface area contributed by atoms with Crippen molar-refractivity contribution >= 4 is 56.1 Å². The first kappa shape index (κ1) is 63.6. The van der Waals surface area contributed by atoms with Gasteiger partial charge in [-0.2, -0.15) is 8.61 Å². The minimum absolute atomic E-state index is 0. The van der Waals surface area contributed by atoms with Crippen molar-refractivity contribution in [1.82, 2.24) is 37.6 Å². The monoisotopic (exact) mass is 1150 g/mol. The number of amides is 1. The van der Waals surface area contributed by atoms with Gasteiger partial charge in [-0.25, -0.2) is 26.8 Å². The number of methoxy groups -OCH3 is 2. The Labute approximate surface area is 475 Å². The van der Waals surface area contributed by atoms with Crippen LogP contribution in [0.3, 0.4) is 0 Å². The highest BCUT2D eigenvalue weighted by Crippen LogP contribution is 2.29. The van der Waals surface area contributed by atoms with Gasteiger partial charge >= 0.3 is 0 Å². The molecule has 0 fully saturated rings. The van der Waals surface area contributed by atoms with E-state index in [4.69, 9.17) is 18.9 Å². The van der Waals surface area contributed by atoms with Crippen LogP contribution >= 0.6 is 12.4 Å². The fourth-order valence-corrected chi connectivity index (χ4v) is 11.6. The van der Waals surface area contributed by atoms with Crippen molar-refractivity contribution in [2.45, 2.75) is 50.6 Å². The lowest BCUT2D eigenvalue weighted by atomic mass is 10.1. The topological polar surface area (TPSA) is 205 Å². The van der Waals surface area contributed by atoms with E-state index in [9.17, 15) is 26.4 Å². The molecule has 8 rings (SSSR count). The molecular weight excluding hydrogens is 1080 g/mol. The third-order valence-electron chi connectivity index (χ3n) is 12.7. The molecule has 428 valence electrons. The van der Waals surface area contributed by atoms with Crippen molar-refractivity contribution in [2.75, 3.05) is 82.1 Å². The Balaban J connectivity index is 0.000000242. The molecule has 0 atom stereocenters. The number of nitrogens with zero attached hydrogens (tertiary/aromatic N) is 7. The van der Waals surface area contributed by atoms with Gasteiger partial charge in [0, 0.05) is 83.2 Å². The largest absolute Gasteiger partial charge is 0.497 e. The summed E-state index contributed by atoms with van der Waals surface area (Å²) in [5.74, 6) is 1.04. The molecule has 0 aliphatic rings. The van der Waals surface area contributed by atoms with Crippen LogP contribution in [0.4, 0.5) is 0 Å². The molecule has 4 aromatic carbocycles. The molecule has 0 saturated heterocycles. The van der Waals surface area contributed by atoms with Crippen molar-refractivity contribution in [3.63, 3.8) is 0 Å². The summed E-state index contributed by atoms with van der Waals surface area (Å²) in [4.78, 5) is 33.9. The van der Waals surface area contributed by atoms with Crippen molar-refractivity contribution in [3.8, 4) is 34.0 Å². The van der Waals surface area contributed by atoms with Gasteiger partial charge in [0.25, 0.3) is 6.47 Å². The van der Waals surface area contributed by atoms with Crippen LogP contribution in [0.15, 0.2) is 144 Å². The number of likely N-dealkylation sites (N-methyl/N-ethyl adjacent to an activating group) is 3.